The fraction of sp³-hybridized carbons (Fsp3) is 1.00. The predicted octanol–water partition coefficient (Wildman–Crippen LogP) is 6.91. The van der Waals surface area contributed by atoms with Crippen LogP contribution in [0.1, 0.15) is 96.8 Å². The second-order valence-electron chi connectivity index (χ2n) is 5.57. The SMILES string of the molecule is CCCCCCCCCCCCCCCCO.FC(F)Cl. The molecule has 0 heterocycles. The Morgan fingerprint density at radius 3 is 1.14 bits per heavy atom. The van der Waals surface area contributed by atoms with Crippen LogP contribution in [0.3, 0.4) is 0 Å². The van der Waals surface area contributed by atoms with Gasteiger partial charge in [-0.1, -0.05) is 102 Å². The van der Waals surface area contributed by atoms with Gasteiger partial charge in [-0.3, -0.25) is 0 Å². The summed E-state index contributed by atoms with van der Waals surface area (Å²) in [6.07, 6.45) is 19.2. The maximum absolute atomic E-state index is 10.1. The number of hydrogen-bond donors (Lipinski definition) is 1. The van der Waals surface area contributed by atoms with Crippen LogP contribution in [0.4, 0.5) is 8.78 Å². The summed E-state index contributed by atoms with van der Waals surface area (Å²) in [7, 11) is 0. The lowest BCUT2D eigenvalue weighted by Gasteiger charge is -2.02. The van der Waals surface area contributed by atoms with Crippen molar-refractivity contribution in [3.63, 3.8) is 0 Å². The van der Waals surface area contributed by atoms with Gasteiger partial charge in [-0.05, 0) is 6.42 Å². The molecule has 0 saturated carbocycles. The van der Waals surface area contributed by atoms with E-state index < -0.39 is 5.88 Å². The molecule has 0 rings (SSSR count). The molecule has 1 nitrogen and oxygen atoms in total. The highest BCUT2D eigenvalue weighted by Crippen LogP contribution is 2.12. The number of rotatable bonds is 14. The highest BCUT2D eigenvalue weighted by Gasteiger charge is 1.93. The fourth-order valence-corrected chi connectivity index (χ4v) is 2.31. The van der Waals surface area contributed by atoms with Crippen molar-refractivity contribution in [2.75, 3.05) is 6.61 Å². The Hall–Kier alpha value is 0.110. The molecule has 0 aromatic heterocycles. The molecule has 0 fully saturated rings. The molecule has 4 heteroatoms. The summed E-state index contributed by atoms with van der Waals surface area (Å²) < 4.78 is 20.2. The summed E-state index contributed by atoms with van der Waals surface area (Å²) in [6, 6.07) is 0. The van der Waals surface area contributed by atoms with E-state index in [0.717, 1.165) is 6.42 Å². The Labute approximate surface area is 135 Å². The van der Waals surface area contributed by atoms with Gasteiger partial charge in [0.05, 0.1) is 0 Å². The minimum atomic E-state index is -2.69. The smallest absolute Gasteiger partial charge is 0.312 e. The highest BCUT2D eigenvalue weighted by atomic mass is 35.5. The van der Waals surface area contributed by atoms with Crippen molar-refractivity contribution in [2.45, 2.75) is 103 Å². The van der Waals surface area contributed by atoms with Crippen LogP contribution >= 0.6 is 11.6 Å². The Kier molecular flexibility index (Phi) is 24.9. The Morgan fingerprint density at radius 1 is 0.667 bits per heavy atom. The number of aliphatic hydroxyl groups is 1. The second kappa shape index (κ2) is 22.4. The van der Waals surface area contributed by atoms with E-state index in [-0.39, 0.29) is 0 Å². The van der Waals surface area contributed by atoms with Gasteiger partial charge in [-0.2, -0.15) is 8.78 Å². The third-order valence-corrected chi connectivity index (χ3v) is 3.51. The topological polar surface area (TPSA) is 20.2 Å². The molecular weight excluding hydrogens is 294 g/mol. The zero-order valence-corrected chi connectivity index (χ0v) is 14.5. The van der Waals surface area contributed by atoms with Crippen molar-refractivity contribution in [3.8, 4) is 0 Å². The van der Waals surface area contributed by atoms with Gasteiger partial charge in [0, 0.05) is 6.61 Å². The Bertz CT molecular complexity index is 152. The fourth-order valence-electron chi connectivity index (χ4n) is 2.31. The molecule has 0 radical (unpaired) electrons. The zero-order valence-electron chi connectivity index (χ0n) is 13.8. The number of hydrogen-bond acceptors (Lipinski definition) is 1. The Morgan fingerprint density at radius 2 is 0.905 bits per heavy atom. The lowest BCUT2D eigenvalue weighted by molar-refractivity contribution is 0.243. The van der Waals surface area contributed by atoms with Crippen molar-refractivity contribution in [1.29, 1.82) is 0 Å². The van der Waals surface area contributed by atoms with Crippen molar-refractivity contribution in [2.24, 2.45) is 0 Å². The van der Waals surface area contributed by atoms with Gasteiger partial charge in [0.1, 0.15) is 0 Å². The van der Waals surface area contributed by atoms with Crippen LogP contribution in [0.15, 0.2) is 0 Å². The predicted molar refractivity (Wildman–Crippen MR) is 89.3 cm³/mol. The summed E-state index contributed by atoms with van der Waals surface area (Å²) in [5, 5.41) is 8.64. The lowest BCUT2D eigenvalue weighted by Crippen LogP contribution is -1.84. The van der Waals surface area contributed by atoms with Crippen molar-refractivity contribution < 1.29 is 13.9 Å². The number of halogens is 3. The molecule has 0 aliphatic rings. The second-order valence-corrected chi connectivity index (χ2v) is 5.90. The first-order valence-corrected chi connectivity index (χ1v) is 9.11. The minimum Gasteiger partial charge on any atom is -0.396 e. The lowest BCUT2D eigenvalue weighted by atomic mass is 10.0. The number of aliphatic hydroxyl groups excluding tert-OH is 1. The third kappa shape index (κ3) is 33.1. The van der Waals surface area contributed by atoms with Crippen LogP contribution in [-0.4, -0.2) is 17.6 Å². The van der Waals surface area contributed by atoms with Crippen LogP contribution in [0, 0.1) is 0 Å². The van der Waals surface area contributed by atoms with Gasteiger partial charge in [0.2, 0.25) is 0 Å². The third-order valence-electron chi connectivity index (χ3n) is 3.51. The first-order chi connectivity index (χ1) is 10.1. The number of alkyl halides is 3. The normalized spacial score (nSPS) is 10.6. The van der Waals surface area contributed by atoms with E-state index in [1.54, 1.807) is 0 Å². The van der Waals surface area contributed by atoms with E-state index in [9.17, 15) is 8.78 Å². The molecule has 0 aromatic rings. The Balaban J connectivity index is 0. The maximum atomic E-state index is 10.1. The van der Waals surface area contributed by atoms with Crippen LogP contribution in [0.5, 0.6) is 0 Å². The molecule has 130 valence electrons. The van der Waals surface area contributed by atoms with Gasteiger partial charge >= 0.3 is 5.88 Å². The van der Waals surface area contributed by atoms with Crippen LogP contribution in [0.25, 0.3) is 0 Å². The van der Waals surface area contributed by atoms with E-state index in [1.165, 1.54) is 83.5 Å². The summed E-state index contributed by atoms with van der Waals surface area (Å²) >= 11 is 3.94. The molecule has 0 spiro atoms. The van der Waals surface area contributed by atoms with E-state index in [2.05, 4.69) is 18.5 Å². The van der Waals surface area contributed by atoms with Crippen LogP contribution < -0.4 is 0 Å². The van der Waals surface area contributed by atoms with Gasteiger partial charge in [-0.25, -0.2) is 0 Å². The van der Waals surface area contributed by atoms with Gasteiger partial charge < -0.3 is 5.11 Å². The molecule has 0 aromatic carbocycles. The number of unbranched alkanes of at least 4 members (excludes halogenated alkanes) is 13. The quantitative estimate of drug-likeness (QED) is 0.271. The van der Waals surface area contributed by atoms with Crippen molar-refractivity contribution in [3.05, 3.63) is 0 Å². The van der Waals surface area contributed by atoms with Crippen LogP contribution in [0.2, 0.25) is 0 Å². The molecular formula is C17H35ClF2O. The molecule has 0 saturated heterocycles. The summed E-state index contributed by atoms with van der Waals surface area (Å²) in [4.78, 5) is 0. The van der Waals surface area contributed by atoms with E-state index in [4.69, 9.17) is 5.11 Å². The van der Waals surface area contributed by atoms with Crippen molar-refractivity contribution >= 4 is 11.6 Å². The molecule has 0 aliphatic carbocycles. The first kappa shape index (κ1) is 23.4. The van der Waals surface area contributed by atoms with Gasteiger partial charge in [0.25, 0.3) is 0 Å². The average molecular weight is 329 g/mol. The summed E-state index contributed by atoms with van der Waals surface area (Å²) in [5.74, 6) is -2.69. The van der Waals surface area contributed by atoms with Crippen molar-refractivity contribution in [1.82, 2.24) is 0 Å². The summed E-state index contributed by atoms with van der Waals surface area (Å²) in [6.45, 7) is 2.65. The largest absolute Gasteiger partial charge is 0.396 e. The average Bonchev–Trinajstić information content (AvgIpc) is 2.43. The van der Waals surface area contributed by atoms with E-state index in [0.29, 0.717) is 6.61 Å². The van der Waals surface area contributed by atoms with E-state index in [1.807, 2.05) is 0 Å². The standard InChI is InChI=1S/C16H34O.CHClF2/c1-2-3-4-5-6-7-8-9-10-11-12-13-14-15-16-17;2-1(3)4/h17H,2-16H2,1H3;1H. The van der Waals surface area contributed by atoms with Gasteiger partial charge in [-0.15, -0.1) is 0 Å². The zero-order chi connectivity index (χ0) is 16.2. The monoisotopic (exact) mass is 328 g/mol. The summed E-state index contributed by atoms with van der Waals surface area (Å²) in [5.41, 5.74) is 0. The molecule has 0 unspecified atom stereocenters. The first-order valence-electron chi connectivity index (χ1n) is 8.68. The molecule has 0 bridgehead atoms. The maximum Gasteiger partial charge on any atom is 0.312 e. The molecule has 1 N–H and O–H groups in total. The molecule has 0 amide bonds. The highest BCUT2D eigenvalue weighted by molar-refractivity contribution is 6.18. The van der Waals surface area contributed by atoms with Gasteiger partial charge in [0.15, 0.2) is 0 Å². The van der Waals surface area contributed by atoms with Crippen LogP contribution in [-0.2, 0) is 0 Å². The molecule has 21 heavy (non-hydrogen) atoms. The molecule has 0 aliphatic heterocycles. The minimum absolute atomic E-state index is 0.373. The van der Waals surface area contributed by atoms with E-state index >= 15 is 0 Å². The molecule has 0 atom stereocenters.